The molecule has 2 rings (SSSR count). The van der Waals surface area contributed by atoms with E-state index in [1.165, 1.54) is 17.0 Å². The number of benzene rings is 2. The van der Waals surface area contributed by atoms with Crippen LogP contribution in [0.2, 0.25) is 0 Å². The predicted molar refractivity (Wildman–Crippen MR) is 89.7 cm³/mol. The van der Waals surface area contributed by atoms with Crippen molar-refractivity contribution in [1.82, 2.24) is 0 Å². The number of rotatable bonds is 8. The first kappa shape index (κ1) is 15.2. The van der Waals surface area contributed by atoms with Gasteiger partial charge in [0.25, 0.3) is 0 Å². The lowest BCUT2D eigenvalue weighted by Gasteiger charge is -2.18. The monoisotopic (exact) mass is 286 g/mol. The summed E-state index contributed by atoms with van der Waals surface area (Å²) in [6, 6.07) is 21.7. The maximum atomic E-state index is 5.76. The van der Waals surface area contributed by atoms with Crippen molar-refractivity contribution in [2.24, 2.45) is 0 Å². The number of unbranched alkanes of at least 4 members (excludes halogenated alkanes) is 1. The number of ether oxygens (including phenoxy) is 1. The predicted octanol–water partition coefficient (Wildman–Crippen LogP) is 3.94. The van der Waals surface area contributed by atoms with E-state index in [1.54, 1.807) is 0 Å². The summed E-state index contributed by atoms with van der Waals surface area (Å²) < 4.78 is 5.76. The van der Waals surface area contributed by atoms with E-state index in [1.807, 2.05) is 0 Å². The molecule has 0 saturated carbocycles. The minimum absolute atomic E-state index is 0.297. The Hall–Kier alpha value is -1.17. The molecule has 0 spiro atoms. The average molecular weight is 286 g/mol. The summed E-state index contributed by atoms with van der Waals surface area (Å²) in [7, 11) is -0.297. The minimum Gasteiger partial charge on any atom is -0.381 e. The van der Waals surface area contributed by atoms with Crippen LogP contribution in [0, 0.1) is 0 Å². The van der Waals surface area contributed by atoms with Gasteiger partial charge in [0, 0.05) is 6.61 Å². The van der Waals surface area contributed by atoms with Crippen LogP contribution in [0.3, 0.4) is 0 Å². The SMILES string of the molecule is CCCCOCCP(c1ccccc1)c1ccccc1. The van der Waals surface area contributed by atoms with Gasteiger partial charge in [0.15, 0.2) is 0 Å². The van der Waals surface area contributed by atoms with Crippen molar-refractivity contribution in [3.05, 3.63) is 60.7 Å². The van der Waals surface area contributed by atoms with Crippen LogP contribution in [0.25, 0.3) is 0 Å². The van der Waals surface area contributed by atoms with Crippen LogP contribution < -0.4 is 10.6 Å². The first-order valence-corrected chi connectivity index (χ1v) is 8.90. The summed E-state index contributed by atoms with van der Waals surface area (Å²) in [4.78, 5) is 0. The van der Waals surface area contributed by atoms with Crippen molar-refractivity contribution in [1.29, 1.82) is 0 Å². The topological polar surface area (TPSA) is 9.23 Å². The van der Waals surface area contributed by atoms with Crippen molar-refractivity contribution in [2.45, 2.75) is 19.8 Å². The average Bonchev–Trinajstić information content (AvgIpc) is 2.53. The highest BCUT2D eigenvalue weighted by Crippen LogP contribution is 2.32. The smallest absolute Gasteiger partial charge is 0.0511 e. The molecule has 0 aliphatic heterocycles. The highest BCUT2D eigenvalue weighted by Gasteiger charge is 2.12. The molecule has 2 aromatic carbocycles. The van der Waals surface area contributed by atoms with Crippen LogP contribution in [-0.4, -0.2) is 19.4 Å². The molecule has 0 aromatic heterocycles. The Morgan fingerprint density at radius 3 is 1.85 bits per heavy atom. The second-order valence-electron chi connectivity index (χ2n) is 4.79. The van der Waals surface area contributed by atoms with Crippen LogP contribution in [0.15, 0.2) is 60.7 Å². The van der Waals surface area contributed by atoms with Gasteiger partial charge in [-0.25, -0.2) is 0 Å². The van der Waals surface area contributed by atoms with Gasteiger partial charge >= 0.3 is 0 Å². The van der Waals surface area contributed by atoms with Crippen LogP contribution in [0.4, 0.5) is 0 Å². The molecule has 20 heavy (non-hydrogen) atoms. The van der Waals surface area contributed by atoms with E-state index in [0.717, 1.165) is 25.8 Å². The molecule has 0 atom stereocenters. The lowest BCUT2D eigenvalue weighted by molar-refractivity contribution is 0.146. The summed E-state index contributed by atoms with van der Waals surface area (Å²) in [6.07, 6.45) is 3.47. The molecule has 0 aliphatic rings. The largest absolute Gasteiger partial charge is 0.381 e. The fourth-order valence-electron chi connectivity index (χ4n) is 2.13. The lowest BCUT2D eigenvalue weighted by atomic mass is 10.4. The Kier molecular flexibility index (Phi) is 6.77. The standard InChI is InChI=1S/C18H23OP/c1-2-3-14-19-15-16-20(17-10-6-4-7-11-17)18-12-8-5-9-13-18/h4-13H,2-3,14-16H2,1H3. The van der Waals surface area contributed by atoms with Crippen LogP contribution in [0.5, 0.6) is 0 Å². The summed E-state index contributed by atoms with van der Waals surface area (Å²) >= 11 is 0. The summed E-state index contributed by atoms with van der Waals surface area (Å²) in [5.41, 5.74) is 0. The van der Waals surface area contributed by atoms with E-state index in [0.29, 0.717) is 0 Å². The van der Waals surface area contributed by atoms with Gasteiger partial charge in [0.1, 0.15) is 0 Å². The Bertz CT molecular complexity index is 430. The van der Waals surface area contributed by atoms with Crippen LogP contribution in [-0.2, 0) is 4.74 Å². The number of hydrogen-bond acceptors (Lipinski definition) is 1. The Balaban J connectivity index is 2.02. The molecule has 0 saturated heterocycles. The van der Waals surface area contributed by atoms with E-state index in [4.69, 9.17) is 4.74 Å². The molecule has 2 aromatic rings. The first-order chi connectivity index (χ1) is 9.92. The van der Waals surface area contributed by atoms with E-state index >= 15 is 0 Å². The number of hydrogen-bond donors (Lipinski definition) is 0. The zero-order chi connectivity index (χ0) is 14.0. The van der Waals surface area contributed by atoms with Crippen LogP contribution >= 0.6 is 7.92 Å². The lowest BCUT2D eigenvalue weighted by Crippen LogP contribution is -2.16. The molecule has 0 N–H and O–H groups in total. The second-order valence-corrected chi connectivity index (χ2v) is 7.12. The minimum atomic E-state index is -0.297. The Morgan fingerprint density at radius 1 is 0.800 bits per heavy atom. The summed E-state index contributed by atoms with van der Waals surface area (Å²) in [5, 5.41) is 2.88. The first-order valence-electron chi connectivity index (χ1n) is 7.37. The second kappa shape index (κ2) is 8.89. The molecule has 0 aliphatic carbocycles. The molecule has 0 heterocycles. The van der Waals surface area contributed by atoms with Gasteiger partial charge in [-0.05, 0) is 31.1 Å². The van der Waals surface area contributed by atoms with Gasteiger partial charge in [0.2, 0.25) is 0 Å². The quantitative estimate of drug-likeness (QED) is 0.527. The van der Waals surface area contributed by atoms with Crippen molar-refractivity contribution in [3.63, 3.8) is 0 Å². The fourth-order valence-corrected chi connectivity index (χ4v) is 4.32. The fraction of sp³-hybridized carbons (Fsp3) is 0.333. The van der Waals surface area contributed by atoms with E-state index in [9.17, 15) is 0 Å². The third-order valence-corrected chi connectivity index (χ3v) is 5.71. The molecule has 0 fully saturated rings. The van der Waals surface area contributed by atoms with E-state index in [-0.39, 0.29) is 7.92 Å². The molecule has 2 heteroatoms. The molecule has 1 nitrogen and oxygen atoms in total. The molecule has 0 unspecified atom stereocenters. The van der Waals surface area contributed by atoms with Gasteiger partial charge in [-0.3, -0.25) is 0 Å². The zero-order valence-electron chi connectivity index (χ0n) is 12.2. The van der Waals surface area contributed by atoms with Crippen molar-refractivity contribution < 1.29 is 4.74 Å². The molecule has 0 bridgehead atoms. The maximum absolute atomic E-state index is 5.76. The third kappa shape index (κ3) is 4.74. The maximum Gasteiger partial charge on any atom is 0.0511 e. The molecular formula is C18H23OP. The van der Waals surface area contributed by atoms with Crippen molar-refractivity contribution in [2.75, 3.05) is 19.4 Å². The molecule has 0 amide bonds. The normalized spacial score (nSPS) is 10.9. The highest BCUT2D eigenvalue weighted by atomic mass is 31.1. The summed E-state index contributed by atoms with van der Waals surface area (Å²) in [5.74, 6) is 0. The van der Waals surface area contributed by atoms with E-state index < -0.39 is 0 Å². The van der Waals surface area contributed by atoms with Gasteiger partial charge in [-0.1, -0.05) is 74.0 Å². The van der Waals surface area contributed by atoms with Crippen molar-refractivity contribution >= 4 is 18.5 Å². The van der Waals surface area contributed by atoms with E-state index in [2.05, 4.69) is 67.6 Å². The Labute approximate surface area is 123 Å². The van der Waals surface area contributed by atoms with Gasteiger partial charge in [-0.2, -0.15) is 0 Å². The van der Waals surface area contributed by atoms with Gasteiger partial charge < -0.3 is 4.74 Å². The zero-order valence-corrected chi connectivity index (χ0v) is 13.1. The highest BCUT2D eigenvalue weighted by molar-refractivity contribution is 7.73. The molecule has 0 radical (unpaired) electrons. The van der Waals surface area contributed by atoms with Gasteiger partial charge in [-0.15, -0.1) is 0 Å². The van der Waals surface area contributed by atoms with Gasteiger partial charge in [0.05, 0.1) is 6.61 Å². The molecular weight excluding hydrogens is 263 g/mol. The molecule has 106 valence electrons. The Morgan fingerprint density at radius 2 is 1.35 bits per heavy atom. The van der Waals surface area contributed by atoms with Crippen LogP contribution in [0.1, 0.15) is 19.8 Å². The summed E-state index contributed by atoms with van der Waals surface area (Å²) in [6.45, 7) is 3.95. The van der Waals surface area contributed by atoms with Crippen molar-refractivity contribution in [3.8, 4) is 0 Å². The third-order valence-electron chi connectivity index (χ3n) is 3.24.